The summed E-state index contributed by atoms with van der Waals surface area (Å²) in [4.78, 5) is 22.6. The van der Waals surface area contributed by atoms with Gasteiger partial charge in [-0.2, -0.15) is 0 Å². The van der Waals surface area contributed by atoms with E-state index in [4.69, 9.17) is 11.5 Å². The minimum Gasteiger partial charge on any atom is -0.366 e. The third-order valence-corrected chi connectivity index (χ3v) is 2.57. The molecule has 0 bridgehead atoms. The van der Waals surface area contributed by atoms with Crippen molar-refractivity contribution in [2.75, 3.05) is 0 Å². The van der Waals surface area contributed by atoms with Crippen molar-refractivity contribution in [1.29, 1.82) is 0 Å². The van der Waals surface area contributed by atoms with Gasteiger partial charge >= 0.3 is 0 Å². The molecule has 0 aliphatic rings. The first-order chi connectivity index (χ1) is 7.54. The van der Waals surface area contributed by atoms with Gasteiger partial charge in [-0.3, -0.25) is 9.59 Å². The van der Waals surface area contributed by atoms with Crippen molar-refractivity contribution in [2.45, 2.75) is 6.92 Å². The molecule has 0 spiro atoms. The summed E-state index contributed by atoms with van der Waals surface area (Å²) in [7, 11) is 0. The summed E-state index contributed by atoms with van der Waals surface area (Å²) in [5, 5.41) is 0. The minimum atomic E-state index is -0.578. The molecule has 2 aromatic heterocycles. The molecular formula is C11H11N3O2. The molecule has 0 aliphatic heterocycles. The van der Waals surface area contributed by atoms with Crippen LogP contribution in [0.2, 0.25) is 0 Å². The highest BCUT2D eigenvalue weighted by atomic mass is 16.1. The van der Waals surface area contributed by atoms with Crippen molar-refractivity contribution in [2.24, 2.45) is 11.5 Å². The molecule has 0 saturated carbocycles. The Bertz CT molecular complexity index is 548. The Hall–Kier alpha value is -2.30. The van der Waals surface area contributed by atoms with Gasteiger partial charge in [-0.1, -0.05) is 6.07 Å². The summed E-state index contributed by atoms with van der Waals surface area (Å²) in [5.74, 6) is -1.14. The lowest BCUT2D eigenvalue weighted by Gasteiger charge is -1.98. The molecule has 82 valence electrons. The second-order valence-electron chi connectivity index (χ2n) is 3.53. The number of pyridine rings is 1. The van der Waals surface area contributed by atoms with Gasteiger partial charge in [-0.15, -0.1) is 0 Å². The molecular weight excluding hydrogens is 206 g/mol. The summed E-state index contributed by atoms with van der Waals surface area (Å²) < 4.78 is 1.58. The molecule has 0 unspecified atom stereocenters. The maximum absolute atomic E-state index is 11.3. The number of aromatic nitrogens is 1. The van der Waals surface area contributed by atoms with E-state index in [9.17, 15) is 9.59 Å². The van der Waals surface area contributed by atoms with Gasteiger partial charge in [0.2, 0.25) is 0 Å². The first-order valence-corrected chi connectivity index (χ1v) is 4.73. The molecule has 2 heterocycles. The molecule has 2 aromatic rings. The second-order valence-corrected chi connectivity index (χ2v) is 3.53. The predicted molar refractivity (Wildman–Crippen MR) is 59.2 cm³/mol. The third-order valence-electron chi connectivity index (χ3n) is 2.57. The summed E-state index contributed by atoms with van der Waals surface area (Å²) in [6, 6.07) is 5.25. The van der Waals surface area contributed by atoms with Crippen LogP contribution < -0.4 is 11.5 Å². The highest BCUT2D eigenvalue weighted by Crippen LogP contribution is 2.22. The van der Waals surface area contributed by atoms with E-state index in [-0.39, 0.29) is 0 Å². The van der Waals surface area contributed by atoms with Crippen LogP contribution in [0.4, 0.5) is 0 Å². The molecule has 0 radical (unpaired) electrons. The molecule has 0 fully saturated rings. The third kappa shape index (κ3) is 1.25. The normalized spacial score (nSPS) is 10.6. The van der Waals surface area contributed by atoms with Gasteiger partial charge < -0.3 is 15.9 Å². The average Bonchev–Trinajstić information content (AvgIpc) is 2.49. The highest BCUT2D eigenvalue weighted by molar-refractivity contribution is 6.06. The molecule has 2 rings (SSSR count). The lowest BCUT2D eigenvalue weighted by Crippen LogP contribution is -2.16. The van der Waals surface area contributed by atoms with Crippen LogP contribution in [0.5, 0.6) is 0 Å². The summed E-state index contributed by atoms with van der Waals surface area (Å²) in [5.41, 5.74) is 12.3. The number of nitrogens with two attached hydrogens (primary N) is 2. The van der Waals surface area contributed by atoms with Crippen LogP contribution in [0.3, 0.4) is 0 Å². The van der Waals surface area contributed by atoms with E-state index in [1.165, 1.54) is 0 Å². The van der Waals surface area contributed by atoms with E-state index >= 15 is 0 Å². The van der Waals surface area contributed by atoms with Crippen molar-refractivity contribution in [3.05, 3.63) is 41.2 Å². The van der Waals surface area contributed by atoms with Crippen LogP contribution in [0, 0.1) is 6.92 Å². The van der Waals surface area contributed by atoms with Gasteiger partial charge in [0.05, 0.1) is 11.1 Å². The molecule has 0 saturated heterocycles. The summed E-state index contributed by atoms with van der Waals surface area (Å²) in [6.45, 7) is 1.66. The van der Waals surface area contributed by atoms with Gasteiger partial charge in [0.15, 0.2) is 0 Å². The van der Waals surface area contributed by atoms with Crippen LogP contribution in [0.15, 0.2) is 24.4 Å². The van der Waals surface area contributed by atoms with E-state index < -0.39 is 11.8 Å². The smallest absolute Gasteiger partial charge is 0.265 e. The van der Waals surface area contributed by atoms with Gasteiger partial charge in [-0.05, 0) is 24.6 Å². The number of primary amides is 2. The topological polar surface area (TPSA) is 90.6 Å². The van der Waals surface area contributed by atoms with Crippen LogP contribution in [-0.2, 0) is 0 Å². The quantitative estimate of drug-likeness (QED) is 0.764. The van der Waals surface area contributed by atoms with E-state index in [2.05, 4.69) is 0 Å². The summed E-state index contributed by atoms with van der Waals surface area (Å²) in [6.07, 6.45) is 1.68. The number of rotatable bonds is 2. The molecule has 2 amide bonds. The molecule has 5 heteroatoms. The Kier molecular flexibility index (Phi) is 2.16. The van der Waals surface area contributed by atoms with E-state index in [1.807, 2.05) is 0 Å². The first-order valence-electron chi connectivity index (χ1n) is 4.73. The second kappa shape index (κ2) is 3.37. The minimum absolute atomic E-state index is 0.296. The fourth-order valence-electron chi connectivity index (χ4n) is 1.95. The largest absolute Gasteiger partial charge is 0.366 e. The number of hydrogen-bond donors (Lipinski definition) is 2. The van der Waals surface area contributed by atoms with Crippen molar-refractivity contribution >= 4 is 17.3 Å². The average molecular weight is 217 g/mol. The first kappa shape index (κ1) is 10.2. The molecule has 0 atom stereocenters. The molecule has 5 nitrogen and oxygen atoms in total. The van der Waals surface area contributed by atoms with Gasteiger partial charge in [-0.25, -0.2) is 0 Å². The number of fused-ring (bicyclic) bond motifs is 1. The zero-order chi connectivity index (χ0) is 11.9. The lowest BCUT2D eigenvalue weighted by atomic mass is 10.1. The van der Waals surface area contributed by atoms with E-state index in [1.54, 1.807) is 35.7 Å². The van der Waals surface area contributed by atoms with Crippen LogP contribution in [-0.4, -0.2) is 16.2 Å². The fourth-order valence-corrected chi connectivity index (χ4v) is 1.95. The number of nitrogens with zero attached hydrogens (tertiary/aromatic N) is 1. The SMILES string of the molecule is Cc1c(C(N)=O)c2ccccn2c1C(N)=O. The lowest BCUT2D eigenvalue weighted by molar-refractivity contribution is 0.0992. The Morgan fingerprint density at radius 1 is 1.19 bits per heavy atom. The zero-order valence-corrected chi connectivity index (χ0v) is 8.73. The highest BCUT2D eigenvalue weighted by Gasteiger charge is 2.20. The van der Waals surface area contributed by atoms with Crippen LogP contribution in [0.1, 0.15) is 26.4 Å². The zero-order valence-electron chi connectivity index (χ0n) is 8.73. The van der Waals surface area contributed by atoms with E-state index in [0.717, 1.165) is 0 Å². The maximum Gasteiger partial charge on any atom is 0.265 e. The number of hydrogen-bond acceptors (Lipinski definition) is 2. The van der Waals surface area contributed by atoms with Gasteiger partial charge in [0.1, 0.15) is 5.69 Å². The molecule has 0 aliphatic carbocycles. The van der Waals surface area contributed by atoms with Crippen LogP contribution >= 0.6 is 0 Å². The predicted octanol–water partition coefficient (Wildman–Crippen LogP) is 0.446. The van der Waals surface area contributed by atoms with Crippen molar-refractivity contribution in [1.82, 2.24) is 4.40 Å². The van der Waals surface area contributed by atoms with Gasteiger partial charge in [0, 0.05) is 6.20 Å². The van der Waals surface area contributed by atoms with Gasteiger partial charge in [0.25, 0.3) is 11.8 Å². The molecule has 16 heavy (non-hydrogen) atoms. The standard InChI is InChI=1S/C11H11N3O2/c1-6-8(10(12)15)7-4-2-3-5-14(7)9(6)11(13)16/h2-5H,1H3,(H2,12,15)(H2,13,16). The maximum atomic E-state index is 11.3. The fraction of sp³-hybridized carbons (Fsp3) is 0.0909. The Balaban J connectivity index is 2.97. The van der Waals surface area contributed by atoms with E-state index in [0.29, 0.717) is 22.3 Å². The summed E-state index contributed by atoms with van der Waals surface area (Å²) >= 11 is 0. The number of carbonyl (C=O) groups is 2. The Morgan fingerprint density at radius 2 is 1.88 bits per heavy atom. The Labute approximate surface area is 91.6 Å². The Morgan fingerprint density at radius 3 is 2.44 bits per heavy atom. The van der Waals surface area contributed by atoms with Crippen molar-refractivity contribution in [3.8, 4) is 0 Å². The monoisotopic (exact) mass is 217 g/mol. The van der Waals surface area contributed by atoms with Crippen LogP contribution in [0.25, 0.3) is 5.52 Å². The number of carbonyl (C=O) groups excluding carboxylic acids is 2. The number of amides is 2. The van der Waals surface area contributed by atoms with Crippen molar-refractivity contribution < 1.29 is 9.59 Å². The molecule has 4 N–H and O–H groups in total. The van der Waals surface area contributed by atoms with Crippen molar-refractivity contribution in [3.63, 3.8) is 0 Å². The molecule has 0 aromatic carbocycles.